The standard InChI is InChI=1S/C24H30N2O3S/c1-28-19-13-8-9-16(22(19)29-2)15-25-24-21(18-12-6-7-14-20(18)30-24)23(27)26-17-10-4-3-5-11-17/h8-9,13,15,17H,3-7,10-12,14H2,1-2H3,(H,26,27)/b25-15+. The molecule has 0 spiro atoms. The Labute approximate surface area is 182 Å². The third-order valence-electron chi connectivity index (χ3n) is 6.07. The van der Waals surface area contributed by atoms with Crippen molar-refractivity contribution in [3.05, 3.63) is 39.8 Å². The maximum Gasteiger partial charge on any atom is 0.254 e. The Morgan fingerprint density at radius 1 is 1.10 bits per heavy atom. The minimum absolute atomic E-state index is 0.0473. The van der Waals surface area contributed by atoms with E-state index in [2.05, 4.69) is 5.32 Å². The molecule has 30 heavy (non-hydrogen) atoms. The maximum absolute atomic E-state index is 13.3. The number of rotatable bonds is 6. The molecule has 1 saturated carbocycles. The molecule has 5 nitrogen and oxygen atoms in total. The molecule has 2 aliphatic carbocycles. The van der Waals surface area contributed by atoms with E-state index in [9.17, 15) is 4.79 Å². The van der Waals surface area contributed by atoms with Gasteiger partial charge in [-0.25, -0.2) is 4.99 Å². The van der Waals surface area contributed by atoms with Crippen LogP contribution < -0.4 is 14.8 Å². The number of methoxy groups -OCH3 is 2. The van der Waals surface area contributed by atoms with E-state index >= 15 is 0 Å². The van der Waals surface area contributed by atoms with Crippen LogP contribution in [0.15, 0.2) is 23.2 Å². The number of nitrogens with zero attached hydrogens (tertiary/aromatic N) is 1. The third kappa shape index (κ3) is 4.38. The van der Waals surface area contributed by atoms with Crippen LogP contribution in [-0.4, -0.2) is 32.4 Å². The zero-order valence-electron chi connectivity index (χ0n) is 17.8. The van der Waals surface area contributed by atoms with Crippen LogP contribution in [0.3, 0.4) is 0 Å². The van der Waals surface area contributed by atoms with Crippen molar-refractivity contribution in [1.82, 2.24) is 5.32 Å². The highest BCUT2D eigenvalue weighted by atomic mass is 32.1. The average molecular weight is 427 g/mol. The van der Waals surface area contributed by atoms with Gasteiger partial charge < -0.3 is 14.8 Å². The van der Waals surface area contributed by atoms with E-state index in [1.54, 1.807) is 31.8 Å². The molecule has 0 atom stereocenters. The van der Waals surface area contributed by atoms with Gasteiger partial charge in [0.25, 0.3) is 5.91 Å². The largest absolute Gasteiger partial charge is 0.493 e. The molecular weight excluding hydrogens is 396 g/mol. The molecule has 4 rings (SSSR count). The van der Waals surface area contributed by atoms with Crippen LogP contribution in [0.1, 0.15) is 71.3 Å². The lowest BCUT2D eigenvalue weighted by Crippen LogP contribution is -2.36. The number of hydrogen-bond acceptors (Lipinski definition) is 5. The van der Waals surface area contributed by atoms with Crippen molar-refractivity contribution < 1.29 is 14.3 Å². The summed E-state index contributed by atoms with van der Waals surface area (Å²) in [5, 5.41) is 4.11. The highest BCUT2D eigenvalue weighted by Gasteiger charge is 2.27. The predicted octanol–water partition coefficient (Wildman–Crippen LogP) is 5.46. The summed E-state index contributed by atoms with van der Waals surface area (Å²) in [6.07, 6.45) is 12.0. The Hall–Kier alpha value is -2.34. The zero-order chi connectivity index (χ0) is 20.9. The summed E-state index contributed by atoms with van der Waals surface area (Å²) in [5.74, 6) is 1.37. The van der Waals surface area contributed by atoms with Crippen LogP contribution >= 0.6 is 11.3 Å². The molecule has 6 heteroatoms. The summed E-state index contributed by atoms with van der Waals surface area (Å²) in [7, 11) is 3.25. The normalized spacial score (nSPS) is 17.0. The van der Waals surface area contributed by atoms with Crippen molar-refractivity contribution in [1.29, 1.82) is 0 Å². The van der Waals surface area contributed by atoms with Crippen LogP contribution in [0.4, 0.5) is 5.00 Å². The molecule has 1 heterocycles. The first-order valence-electron chi connectivity index (χ1n) is 10.9. The molecule has 1 aromatic heterocycles. The van der Waals surface area contributed by atoms with E-state index in [1.165, 1.54) is 36.1 Å². The van der Waals surface area contributed by atoms with Crippen LogP contribution in [0, 0.1) is 0 Å². The number of carbonyl (C=O) groups is 1. The van der Waals surface area contributed by atoms with Crippen LogP contribution in [0.25, 0.3) is 0 Å². The van der Waals surface area contributed by atoms with Gasteiger partial charge >= 0.3 is 0 Å². The highest BCUT2D eigenvalue weighted by molar-refractivity contribution is 7.16. The Bertz CT molecular complexity index is 929. The number of aliphatic imine (C=N–C) groups is 1. The predicted molar refractivity (Wildman–Crippen MR) is 122 cm³/mol. The molecule has 1 aromatic carbocycles. The number of amides is 1. The van der Waals surface area contributed by atoms with E-state index in [0.717, 1.165) is 48.2 Å². The molecule has 0 unspecified atom stereocenters. The number of nitrogens with one attached hydrogen (secondary N) is 1. The van der Waals surface area contributed by atoms with Crippen molar-refractivity contribution in [2.45, 2.75) is 63.8 Å². The van der Waals surface area contributed by atoms with E-state index in [4.69, 9.17) is 14.5 Å². The molecule has 2 aliphatic rings. The maximum atomic E-state index is 13.3. The quantitative estimate of drug-likeness (QED) is 0.624. The van der Waals surface area contributed by atoms with Crippen molar-refractivity contribution >= 4 is 28.5 Å². The van der Waals surface area contributed by atoms with Gasteiger partial charge in [0.2, 0.25) is 0 Å². The van der Waals surface area contributed by atoms with E-state index < -0.39 is 0 Å². The number of ether oxygens (including phenoxy) is 2. The molecule has 0 bridgehead atoms. The van der Waals surface area contributed by atoms with Crippen LogP contribution in [0.5, 0.6) is 11.5 Å². The highest BCUT2D eigenvalue weighted by Crippen LogP contribution is 2.40. The number of thiophene rings is 1. The molecule has 160 valence electrons. The molecule has 1 fully saturated rings. The third-order valence-corrected chi connectivity index (χ3v) is 7.27. The van der Waals surface area contributed by atoms with Gasteiger partial charge in [0, 0.05) is 22.7 Å². The molecule has 2 aromatic rings. The van der Waals surface area contributed by atoms with Gasteiger partial charge in [-0.1, -0.05) is 25.3 Å². The van der Waals surface area contributed by atoms with Gasteiger partial charge in [-0.05, 0) is 56.2 Å². The summed E-state index contributed by atoms with van der Waals surface area (Å²) < 4.78 is 10.9. The van der Waals surface area contributed by atoms with Crippen LogP contribution in [0.2, 0.25) is 0 Å². The van der Waals surface area contributed by atoms with E-state index in [1.807, 2.05) is 18.2 Å². The molecule has 0 saturated heterocycles. The number of carbonyl (C=O) groups excluding carboxylic acids is 1. The Morgan fingerprint density at radius 3 is 2.67 bits per heavy atom. The summed E-state index contributed by atoms with van der Waals surface area (Å²) in [4.78, 5) is 19.4. The van der Waals surface area contributed by atoms with Gasteiger partial charge in [-0.3, -0.25) is 4.79 Å². The van der Waals surface area contributed by atoms with Gasteiger partial charge in [-0.15, -0.1) is 11.3 Å². The second-order valence-corrected chi connectivity index (χ2v) is 9.12. The summed E-state index contributed by atoms with van der Waals surface area (Å²) in [6.45, 7) is 0. The summed E-state index contributed by atoms with van der Waals surface area (Å²) in [5.41, 5.74) is 2.84. The molecule has 0 radical (unpaired) electrons. The number of para-hydroxylation sites is 1. The van der Waals surface area contributed by atoms with Gasteiger partial charge in [0.1, 0.15) is 5.00 Å². The van der Waals surface area contributed by atoms with E-state index in [0.29, 0.717) is 17.5 Å². The first-order chi connectivity index (χ1) is 14.7. The summed E-state index contributed by atoms with van der Waals surface area (Å²) in [6, 6.07) is 6.02. The SMILES string of the molecule is COc1cccc(/C=N/c2sc3c(c2C(=O)NC2CCCCC2)CCCC3)c1OC. The Balaban J connectivity index is 1.65. The average Bonchev–Trinajstić information content (AvgIpc) is 3.16. The lowest BCUT2D eigenvalue weighted by atomic mass is 9.93. The minimum Gasteiger partial charge on any atom is -0.493 e. The van der Waals surface area contributed by atoms with Crippen molar-refractivity contribution in [2.24, 2.45) is 4.99 Å². The lowest BCUT2D eigenvalue weighted by molar-refractivity contribution is 0.0927. The monoisotopic (exact) mass is 426 g/mol. The molecular formula is C24H30N2O3S. The Morgan fingerprint density at radius 2 is 1.90 bits per heavy atom. The van der Waals surface area contributed by atoms with Crippen molar-refractivity contribution in [2.75, 3.05) is 14.2 Å². The van der Waals surface area contributed by atoms with Crippen molar-refractivity contribution in [3.8, 4) is 11.5 Å². The number of fused-ring (bicyclic) bond motifs is 1. The molecule has 1 amide bonds. The fourth-order valence-electron chi connectivity index (χ4n) is 4.52. The van der Waals surface area contributed by atoms with Gasteiger partial charge in [0.05, 0.1) is 19.8 Å². The number of aryl methyl sites for hydroxylation is 1. The molecule has 1 N–H and O–H groups in total. The van der Waals surface area contributed by atoms with E-state index in [-0.39, 0.29) is 5.91 Å². The molecule has 0 aliphatic heterocycles. The minimum atomic E-state index is 0.0473. The Kier molecular flexibility index (Phi) is 6.72. The fourth-order valence-corrected chi connectivity index (χ4v) is 5.75. The summed E-state index contributed by atoms with van der Waals surface area (Å²) >= 11 is 1.66. The smallest absolute Gasteiger partial charge is 0.254 e. The number of hydrogen-bond donors (Lipinski definition) is 1. The second-order valence-electron chi connectivity index (χ2n) is 8.04. The van der Waals surface area contributed by atoms with Gasteiger partial charge in [0.15, 0.2) is 11.5 Å². The second kappa shape index (κ2) is 9.65. The van der Waals surface area contributed by atoms with Crippen molar-refractivity contribution in [3.63, 3.8) is 0 Å². The topological polar surface area (TPSA) is 59.9 Å². The first kappa shape index (κ1) is 20.9. The first-order valence-corrected chi connectivity index (χ1v) is 11.7. The van der Waals surface area contributed by atoms with Crippen LogP contribution in [-0.2, 0) is 12.8 Å². The zero-order valence-corrected chi connectivity index (χ0v) is 18.6. The van der Waals surface area contributed by atoms with Gasteiger partial charge in [-0.2, -0.15) is 0 Å². The fraction of sp³-hybridized carbons (Fsp3) is 0.500. The number of benzene rings is 1. The lowest BCUT2D eigenvalue weighted by Gasteiger charge is -2.23.